The zero-order valence-electron chi connectivity index (χ0n) is 10.7. The van der Waals surface area contributed by atoms with Crippen LogP contribution in [0.25, 0.3) is 0 Å². The van der Waals surface area contributed by atoms with Crippen LogP contribution < -0.4 is 0 Å². The van der Waals surface area contributed by atoms with Crippen LogP contribution in [0.2, 0.25) is 0 Å². The number of carbonyl (C=O) groups excluding carboxylic acids is 2. The Morgan fingerprint density at radius 2 is 2.19 bits per heavy atom. The molecule has 1 saturated carbocycles. The van der Waals surface area contributed by atoms with Crippen LogP contribution in [0.1, 0.15) is 47.0 Å². The Morgan fingerprint density at radius 3 is 2.62 bits per heavy atom. The average Bonchev–Trinajstić information content (AvgIpc) is 2.17. The predicted molar refractivity (Wildman–Crippen MR) is 61.9 cm³/mol. The second kappa shape index (κ2) is 4.98. The summed E-state index contributed by atoms with van der Waals surface area (Å²) in [6, 6.07) is 0. The molecule has 3 heteroatoms. The van der Waals surface area contributed by atoms with E-state index in [1.165, 1.54) is 0 Å². The van der Waals surface area contributed by atoms with Crippen LogP contribution in [0.15, 0.2) is 0 Å². The van der Waals surface area contributed by atoms with Crippen LogP contribution in [0, 0.1) is 17.3 Å². The van der Waals surface area contributed by atoms with Gasteiger partial charge < -0.3 is 4.74 Å². The number of Topliss-reactive ketones (excluding diaryl/α,β-unsaturated/α-hetero) is 1. The van der Waals surface area contributed by atoms with Crippen LogP contribution >= 0.6 is 0 Å². The standard InChI is InChI=1S/C13H22O3/c1-5-16-12(15)13(9(2)3)7-6-10(4)8-11(13)14/h9-10H,5-8H2,1-4H3. The van der Waals surface area contributed by atoms with Crippen LogP contribution in [-0.2, 0) is 14.3 Å². The predicted octanol–water partition coefficient (Wildman–Crippen LogP) is 2.58. The van der Waals surface area contributed by atoms with Gasteiger partial charge in [-0.05, 0) is 31.6 Å². The molecule has 3 nitrogen and oxygen atoms in total. The summed E-state index contributed by atoms with van der Waals surface area (Å²) in [7, 11) is 0. The van der Waals surface area contributed by atoms with Gasteiger partial charge in [-0.15, -0.1) is 0 Å². The Labute approximate surface area is 97.5 Å². The van der Waals surface area contributed by atoms with Gasteiger partial charge in [-0.3, -0.25) is 9.59 Å². The molecule has 2 atom stereocenters. The Bertz CT molecular complexity index is 273. The van der Waals surface area contributed by atoms with Crippen LogP contribution in [-0.4, -0.2) is 18.4 Å². The number of ketones is 1. The molecule has 0 N–H and O–H groups in total. The molecule has 1 aliphatic carbocycles. The maximum Gasteiger partial charge on any atom is 0.319 e. The number of hydrogen-bond donors (Lipinski definition) is 0. The van der Waals surface area contributed by atoms with Crippen molar-refractivity contribution in [1.29, 1.82) is 0 Å². The summed E-state index contributed by atoms with van der Waals surface area (Å²) >= 11 is 0. The third kappa shape index (κ3) is 2.13. The molecule has 0 spiro atoms. The summed E-state index contributed by atoms with van der Waals surface area (Å²) in [6.45, 7) is 8.06. The highest BCUT2D eigenvalue weighted by Gasteiger charge is 2.51. The first-order valence-corrected chi connectivity index (χ1v) is 6.15. The molecule has 0 aromatic carbocycles. The van der Waals surface area contributed by atoms with Crippen molar-refractivity contribution in [3.63, 3.8) is 0 Å². The zero-order valence-corrected chi connectivity index (χ0v) is 10.7. The van der Waals surface area contributed by atoms with Gasteiger partial charge in [0.25, 0.3) is 0 Å². The van der Waals surface area contributed by atoms with Gasteiger partial charge in [0.15, 0.2) is 5.78 Å². The lowest BCUT2D eigenvalue weighted by Gasteiger charge is -2.38. The summed E-state index contributed by atoms with van der Waals surface area (Å²) in [5.74, 6) is 0.168. The van der Waals surface area contributed by atoms with Gasteiger partial charge >= 0.3 is 5.97 Å². The number of hydrogen-bond acceptors (Lipinski definition) is 3. The van der Waals surface area contributed by atoms with E-state index in [1.54, 1.807) is 6.92 Å². The van der Waals surface area contributed by atoms with E-state index in [-0.39, 0.29) is 17.7 Å². The topological polar surface area (TPSA) is 43.4 Å². The second-order valence-electron chi connectivity index (χ2n) is 5.12. The average molecular weight is 226 g/mol. The Kier molecular flexibility index (Phi) is 4.11. The highest BCUT2D eigenvalue weighted by molar-refractivity contribution is 6.04. The first-order chi connectivity index (χ1) is 7.45. The van der Waals surface area contributed by atoms with Gasteiger partial charge in [-0.2, -0.15) is 0 Å². The quantitative estimate of drug-likeness (QED) is 0.548. The van der Waals surface area contributed by atoms with Crippen molar-refractivity contribution in [2.45, 2.75) is 47.0 Å². The molecule has 0 heterocycles. The van der Waals surface area contributed by atoms with Crippen LogP contribution in [0.5, 0.6) is 0 Å². The Hall–Kier alpha value is -0.860. The van der Waals surface area contributed by atoms with Gasteiger partial charge in [-0.25, -0.2) is 0 Å². The minimum absolute atomic E-state index is 0.0200. The summed E-state index contributed by atoms with van der Waals surface area (Å²) in [5.41, 5.74) is -0.872. The molecule has 0 bridgehead atoms. The van der Waals surface area contributed by atoms with E-state index in [1.807, 2.05) is 13.8 Å². The van der Waals surface area contributed by atoms with E-state index < -0.39 is 5.41 Å². The third-order valence-electron chi connectivity index (χ3n) is 3.69. The third-order valence-corrected chi connectivity index (χ3v) is 3.69. The molecule has 0 amide bonds. The summed E-state index contributed by atoms with van der Waals surface area (Å²) < 4.78 is 5.09. The molecule has 1 aliphatic rings. The van der Waals surface area contributed by atoms with Crippen molar-refractivity contribution in [3.05, 3.63) is 0 Å². The Balaban J connectivity index is 2.97. The molecule has 0 saturated heterocycles. The van der Waals surface area contributed by atoms with E-state index in [0.29, 0.717) is 25.4 Å². The minimum atomic E-state index is -0.872. The number of carbonyl (C=O) groups is 2. The summed E-state index contributed by atoms with van der Waals surface area (Å²) in [4.78, 5) is 24.2. The molecule has 0 radical (unpaired) electrons. The molecular weight excluding hydrogens is 204 g/mol. The molecular formula is C13H22O3. The van der Waals surface area contributed by atoms with Crippen molar-refractivity contribution in [3.8, 4) is 0 Å². The van der Waals surface area contributed by atoms with E-state index in [2.05, 4.69) is 6.92 Å². The smallest absolute Gasteiger partial charge is 0.319 e. The molecule has 0 aliphatic heterocycles. The minimum Gasteiger partial charge on any atom is -0.465 e. The summed E-state index contributed by atoms with van der Waals surface area (Å²) in [5, 5.41) is 0. The van der Waals surface area contributed by atoms with E-state index in [9.17, 15) is 9.59 Å². The number of rotatable bonds is 3. The number of esters is 1. The van der Waals surface area contributed by atoms with Crippen LogP contribution in [0.3, 0.4) is 0 Å². The SMILES string of the molecule is CCOC(=O)C1(C(C)C)CCC(C)CC1=O. The maximum absolute atomic E-state index is 12.2. The van der Waals surface area contributed by atoms with E-state index in [4.69, 9.17) is 4.74 Å². The molecule has 16 heavy (non-hydrogen) atoms. The van der Waals surface area contributed by atoms with Crippen molar-refractivity contribution in [1.82, 2.24) is 0 Å². The fourth-order valence-electron chi connectivity index (χ4n) is 2.54. The van der Waals surface area contributed by atoms with Crippen molar-refractivity contribution >= 4 is 11.8 Å². The van der Waals surface area contributed by atoms with Gasteiger partial charge in [0.2, 0.25) is 0 Å². The molecule has 1 fully saturated rings. The largest absolute Gasteiger partial charge is 0.465 e. The van der Waals surface area contributed by atoms with E-state index in [0.717, 1.165) is 6.42 Å². The lowest BCUT2D eigenvalue weighted by Crippen LogP contribution is -2.48. The van der Waals surface area contributed by atoms with Crippen molar-refractivity contribution in [2.24, 2.45) is 17.3 Å². The van der Waals surface area contributed by atoms with Crippen molar-refractivity contribution < 1.29 is 14.3 Å². The first-order valence-electron chi connectivity index (χ1n) is 6.15. The number of ether oxygens (including phenoxy) is 1. The van der Waals surface area contributed by atoms with Crippen molar-refractivity contribution in [2.75, 3.05) is 6.61 Å². The lowest BCUT2D eigenvalue weighted by molar-refractivity contribution is -0.166. The normalized spacial score (nSPS) is 30.6. The molecule has 0 aromatic rings. The fourth-order valence-corrected chi connectivity index (χ4v) is 2.54. The van der Waals surface area contributed by atoms with Gasteiger partial charge in [0.1, 0.15) is 5.41 Å². The second-order valence-corrected chi connectivity index (χ2v) is 5.12. The molecule has 2 unspecified atom stereocenters. The van der Waals surface area contributed by atoms with Gasteiger partial charge in [0, 0.05) is 6.42 Å². The molecule has 1 rings (SSSR count). The van der Waals surface area contributed by atoms with Crippen LogP contribution in [0.4, 0.5) is 0 Å². The molecule has 0 aromatic heterocycles. The Morgan fingerprint density at radius 1 is 1.56 bits per heavy atom. The van der Waals surface area contributed by atoms with Gasteiger partial charge in [-0.1, -0.05) is 20.8 Å². The zero-order chi connectivity index (χ0) is 12.3. The van der Waals surface area contributed by atoms with E-state index >= 15 is 0 Å². The molecule has 92 valence electrons. The fraction of sp³-hybridized carbons (Fsp3) is 0.846. The lowest BCUT2D eigenvalue weighted by atomic mass is 9.64. The highest BCUT2D eigenvalue weighted by Crippen LogP contribution is 2.42. The monoisotopic (exact) mass is 226 g/mol. The first kappa shape index (κ1) is 13.2. The van der Waals surface area contributed by atoms with Gasteiger partial charge in [0.05, 0.1) is 6.61 Å². The highest BCUT2D eigenvalue weighted by atomic mass is 16.5. The summed E-state index contributed by atoms with van der Waals surface area (Å²) in [6.07, 6.45) is 2.09. The maximum atomic E-state index is 12.2.